The van der Waals surface area contributed by atoms with Gasteiger partial charge in [-0.05, 0) is 60.7 Å². The molecule has 0 bridgehead atoms. The minimum atomic E-state index is -0.326. The number of amides is 1. The first kappa shape index (κ1) is 16.3. The smallest absolute Gasteiger partial charge is 0.271 e. The van der Waals surface area contributed by atoms with Crippen molar-refractivity contribution in [2.75, 3.05) is 0 Å². The summed E-state index contributed by atoms with van der Waals surface area (Å²) >= 11 is 11.6. The van der Waals surface area contributed by atoms with Crippen LogP contribution in [0.25, 0.3) is 11.3 Å². The molecule has 0 fully saturated rings. The average molecular weight is 359 g/mol. The Morgan fingerprint density at radius 1 is 0.917 bits per heavy atom. The summed E-state index contributed by atoms with van der Waals surface area (Å²) in [4.78, 5) is 11.9. The standard InChI is InChI=1S/C18H12Cl2N2O2/c19-14-5-1-12(2-6-14)17-10-9-16(24-17)11-21-22-18(23)13-3-7-15(20)8-4-13/h1-11H,(H,22,23)/b21-11+. The van der Waals surface area contributed by atoms with Gasteiger partial charge < -0.3 is 4.42 Å². The van der Waals surface area contributed by atoms with Crippen LogP contribution in [0.2, 0.25) is 10.0 Å². The van der Waals surface area contributed by atoms with Crippen molar-refractivity contribution in [3.63, 3.8) is 0 Å². The molecule has 1 heterocycles. The van der Waals surface area contributed by atoms with E-state index in [2.05, 4.69) is 10.5 Å². The predicted molar refractivity (Wildman–Crippen MR) is 95.7 cm³/mol. The molecule has 0 aliphatic carbocycles. The van der Waals surface area contributed by atoms with Gasteiger partial charge in [-0.1, -0.05) is 23.2 Å². The van der Waals surface area contributed by atoms with Gasteiger partial charge in [-0.15, -0.1) is 0 Å². The van der Waals surface area contributed by atoms with Gasteiger partial charge in [0.05, 0.1) is 6.21 Å². The first-order valence-electron chi connectivity index (χ1n) is 7.06. The Morgan fingerprint density at radius 2 is 1.54 bits per heavy atom. The van der Waals surface area contributed by atoms with Gasteiger partial charge in [0.2, 0.25) is 0 Å². The zero-order valence-corrected chi connectivity index (χ0v) is 13.9. The molecule has 0 atom stereocenters. The number of rotatable bonds is 4. The molecule has 0 unspecified atom stereocenters. The number of halogens is 2. The van der Waals surface area contributed by atoms with Crippen molar-refractivity contribution < 1.29 is 9.21 Å². The minimum Gasteiger partial charge on any atom is -0.455 e. The van der Waals surface area contributed by atoms with Gasteiger partial charge in [0.1, 0.15) is 11.5 Å². The topological polar surface area (TPSA) is 54.6 Å². The molecule has 4 nitrogen and oxygen atoms in total. The van der Waals surface area contributed by atoms with Gasteiger partial charge in [0, 0.05) is 21.2 Å². The number of nitrogens with one attached hydrogen (secondary N) is 1. The molecule has 24 heavy (non-hydrogen) atoms. The molecule has 1 amide bonds. The molecule has 0 aliphatic heterocycles. The van der Waals surface area contributed by atoms with Gasteiger partial charge in [-0.25, -0.2) is 5.43 Å². The monoisotopic (exact) mass is 358 g/mol. The fourth-order valence-electron chi connectivity index (χ4n) is 2.01. The predicted octanol–water partition coefficient (Wildman–Crippen LogP) is 5.02. The maximum atomic E-state index is 11.9. The first-order chi connectivity index (χ1) is 11.6. The van der Waals surface area contributed by atoms with Crippen molar-refractivity contribution in [1.82, 2.24) is 5.43 Å². The Kier molecular flexibility index (Phi) is 4.99. The van der Waals surface area contributed by atoms with Crippen molar-refractivity contribution >= 4 is 35.3 Å². The van der Waals surface area contributed by atoms with E-state index >= 15 is 0 Å². The lowest BCUT2D eigenvalue weighted by Gasteiger charge is -1.99. The lowest BCUT2D eigenvalue weighted by Crippen LogP contribution is -2.17. The second-order valence-electron chi connectivity index (χ2n) is 4.91. The van der Waals surface area contributed by atoms with Crippen LogP contribution in [0.3, 0.4) is 0 Å². The molecule has 0 aliphatic rings. The van der Waals surface area contributed by atoms with Crippen LogP contribution in [0.1, 0.15) is 16.1 Å². The number of benzene rings is 2. The molecule has 1 N–H and O–H groups in total. The van der Waals surface area contributed by atoms with Gasteiger partial charge in [-0.3, -0.25) is 4.79 Å². The zero-order valence-electron chi connectivity index (χ0n) is 12.4. The van der Waals surface area contributed by atoms with Crippen molar-refractivity contribution in [1.29, 1.82) is 0 Å². The van der Waals surface area contributed by atoms with E-state index in [-0.39, 0.29) is 5.91 Å². The van der Waals surface area contributed by atoms with E-state index in [4.69, 9.17) is 27.6 Å². The summed E-state index contributed by atoms with van der Waals surface area (Å²) in [6, 6.07) is 17.4. The summed E-state index contributed by atoms with van der Waals surface area (Å²) in [5.74, 6) is 0.890. The Morgan fingerprint density at radius 3 is 2.21 bits per heavy atom. The normalized spacial score (nSPS) is 10.9. The lowest BCUT2D eigenvalue weighted by molar-refractivity contribution is 0.0955. The van der Waals surface area contributed by atoms with Gasteiger partial charge >= 0.3 is 0 Å². The van der Waals surface area contributed by atoms with E-state index in [0.717, 1.165) is 5.56 Å². The third kappa shape index (κ3) is 4.04. The van der Waals surface area contributed by atoms with Crippen LogP contribution >= 0.6 is 23.2 Å². The molecule has 120 valence electrons. The SMILES string of the molecule is O=C(N/N=C/c1ccc(-c2ccc(Cl)cc2)o1)c1ccc(Cl)cc1. The fourth-order valence-corrected chi connectivity index (χ4v) is 2.26. The summed E-state index contributed by atoms with van der Waals surface area (Å²) in [5, 5.41) is 5.12. The van der Waals surface area contributed by atoms with Crippen molar-refractivity contribution in [3.05, 3.63) is 82.0 Å². The molecule has 0 saturated carbocycles. The maximum Gasteiger partial charge on any atom is 0.271 e. The van der Waals surface area contributed by atoms with E-state index < -0.39 is 0 Å². The summed E-state index contributed by atoms with van der Waals surface area (Å²) in [7, 11) is 0. The molecule has 6 heteroatoms. The van der Waals surface area contributed by atoms with Crippen LogP contribution in [0.4, 0.5) is 0 Å². The molecule has 3 aromatic rings. The van der Waals surface area contributed by atoms with E-state index in [1.165, 1.54) is 6.21 Å². The van der Waals surface area contributed by atoms with Crippen LogP contribution in [-0.2, 0) is 0 Å². The Hall–Kier alpha value is -2.56. The third-order valence-corrected chi connectivity index (χ3v) is 3.72. The number of carbonyl (C=O) groups excluding carboxylic acids is 1. The number of hydrogen-bond donors (Lipinski definition) is 1. The van der Waals surface area contributed by atoms with Crippen molar-refractivity contribution in [3.8, 4) is 11.3 Å². The molecule has 0 saturated heterocycles. The minimum absolute atomic E-state index is 0.326. The van der Waals surface area contributed by atoms with Crippen molar-refractivity contribution in [2.45, 2.75) is 0 Å². The highest BCUT2D eigenvalue weighted by atomic mass is 35.5. The van der Waals surface area contributed by atoms with Gasteiger partial charge in [-0.2, -0.15) is 5.10 Å². The number of hydrazone groups is 1. The van der Waals surface area contributed by atoms with Crippen molar-refractivity contribution in [2.24, 2.45) is 5.10 Å². The zero-order chi connectivity index (χ0) is 16.9. The van der Waals surface area contributed by atoms with Crippen LogP contribution in [0, 0.1) is 0 Å². The molecule has 1 aromatic heterocycles. The number of carbonyl (C=O) groups is 1. The van der Waals surface area contributed by atoms with Gasteiger partial charge in [0.25, 0.3) is 5.91 Å². The van der Waals surface area contributed by atoms with Crippen LogP contribution < -0.4 is 5.43 Å². The summed E-state index contributed by atoms with van der Waals surface area (Å²) in [6.45, 7) is 0. The number of nitrogens with zero attached hydrogens (tertiary/aromatic N) is 1. The largest absolute Gasteiger partial charge is 0.455 e. The highest BCUT2D eigenvalue weighted by Gasteiger charge is 2.05. The summed E-state index contributed by atoms with van der Waals surface area (Å²) in [5.41, 5.74) is 3.81. The molecule has 0 spiro atoms. The number of hydrogen-bond acceptors (Lipinski definition) is 3. The second kappa shape index (κ2) is 7.34. The fraction of sp³-hybridized carbons (Fsp3) is 0. The van der Waals surface area contributed by atoms with Crippen LogP contribution in [0.15, 0.2) is 70.2 Å². The first-order valence-corrected chi connectivity index (χ1v) is 7.82. The average Bonchev–Trinajstić information content (AvgIpc) is 3.05. The third-order valence-electron chi connectivity index (χ3n) is 3.22. The molecule has 2 aromatic carbocycles. The molecular formula is C18H12Cl2N2O2. The van der Waals surface area contributed by atoms with E-state index in [1.54, 1.807) is 42.5 Å². The lowest BCUT2D eigenvalue weighted by atomic mass is 10.2. The highest BCUT2D eigenvalue weighted by Crippen LogP contribution is 2.23. The summed E-state index contributed by atoms with van der Waals surface area (Å²) in [6.07, 6.45) is 1.44. The van der Waals surface area contributed by atoms with E-state index in [1.807, 2.05) is 18.2 Å². The number of furan rings is 1. The molecule has 0 radical (unpaired) electrons. The Bertz CT molecular complexity index is 869. The summed E-state index contributed by atoms with van der Waals surface area (Å²) < 4.78 is 5.65. The quantitative estimate of drug-likeness (QED) is 0.525. The maximum absolute atomic E-state index is 11.9. The van der Waals surface area contributed by atoms with E-state index in [0.29, 0.717) is 27.1 Å². The van der Waals surface area contributed by atoms with Gasteiger partial charge in [0.15, 0.2) is 0 Å². The molecule has 3 rings (SSSR count). The van der Waals surface area contributed by atoms with Crippen LogP contribution in [-0.4, -0.2) is 12.1 Å². The van der Waals surface area contributed by atoms with E-state index in [9.17, 15) is 4.79 Å². The Labute approximate surface area is 148 Å². The second-order valence-corrected chi connectivity index (χ2v) is 5.79. The van der Waals surface area contributed by atoms with Crippen LogP contribution in [0.5, 0.6) is 0 Å². The Balaban J connectivity index is 1.64. The molecular weight excluding hydrogens is 347 g/mol. The highest BCUT2D eigenvalue weighted by molar-refractivity contribution is 6.30.